The summed E-state index contributed by atoms with van der Waals surface area (Å²) in [5.74, 6) is 1.88. The Labute approximate surface area is 128 Å². The van der Waals surface area contributed by atoms with Gasteiger partial charge in [-0.3, -0.25) is 4.98 Å². The van der Waals surface area contributed by atoms with E-state index in [9.17, 15) is 5.11 Å². The lowest BCUT2D eigenvalue weighted by molar-refractivity contribution is 0.263. The fourth-order valence-corrected chi connectivity index (χ4v) is 3.18. The van der Waals surface area contributed by atoms with Crippen LogP contribution in [-0.4, -0.2) is 24.9 Å². The summed E-state index contributed by atoms with van der Waals surface area (Å²) >= 11 is 1.64. The summed E-state index contributed by atoms with van der Waals surface area (Å²) in [4.78, 5) is 4.68. The van der Waals surface area contributed by atoms with Crippen molar-refractivity contribution >= 4 is 11.8 Å². The van der Waals surface area contributed by atoms with Crippen molar-refractivity contribution in [3.8, 4) is 0 Å². The average molecular weight is 304 g/mol. The molecule has 112 valence electrons. The number of aliphatic hydroxyl groups is 1. The highest BCUT2D eigenvalue weighted by Crippen LogP contribution is 2.39. The van der Waals surface area contributed by atoms with Gasteiger partial charge in [0.05, 0.1) is 5.69 Å². The Morgan fingerprint density at radius 2 is 2.14 bits per heavy atom. The second-order valence-electron chi connectivity index (χ2n) is 5.66. The Kier molecular flexibility index (Phi) is 4.26. The van der Waals surface area contributed by atoms with E-state index in [0.717, 1.165) is 35.1 Å². The van der Waals surface area contributed by atoms with E-state index in [1.807, 2.05) is 6.07 Å². The Morgan fingerprint density at radius 1 is 1.33 bits per heavy atom. The van der Waals surface area contributed by atoms with Crippen LogP contribution in [0.15, 0.2) is 23.4 Å². The Hall–Kier alpha value is -1.40. The Morgan fingerprint density at radius 3 is 2.81 bits per heavy atom. The lowest BCUT2D eigenvalue weighted by Crippen LogP contribution is -2.03. The number of pyridine rings is 1. The summed E-state index contributed by atoms with van der Waals surface area (Å²) in [5.41, 5.74) is 2.18. The average Bonchev–Trinajstić information content (AvgIpc) is 3.25. The molecule has 2 aromatic rings. The first-order valence-corrected chi connectivity index (χ1v) is 8.31. The van der Waals surface area contributed by atoms with Crippen LogP contribution in [0.25, 0.3) is 0 Å². The highest BCUT2D eigenvalue weighted by Gasteiger charge is 2.29. The zero-order chi connectivity index (χ0) is 14.8. The minimum Gasteiger partial charge on any atom is -0.388 e. The minimum absolute atomic E-state index is 0.0505. The van der Waals surface area contributed by atoms with Crippen LogP contribution in [0, 0.1) is 0 Å². The van der Waals surface area contributed by atoms with Gasteiger partial charge >= 0.3 is 0 Å². The van der Waals surface area contributed by atoms with Gasteiger partial charge in [-0.05, 0) is 30.9 Å². The largest absolute Gasteiger partial charge is 0.388 e. The SMILES string of the molecule is CC(C)c1cccc(CSc2nnc(CO)n2C2CC2)n1. The van der Waals surface area contributed by atoms with Crippen molar-refractivity contribution in [1.82, 2.24) is 19.7 Å². The van der Waals surface area contributed by atoms with Crippen molar-refractivity contribution in [1.29, 1.82) is 0 Å². The molecule has 0 amide bonds. The van der Waals surface area contributed by atoms with E-state index in [4.69, 9.17) is 0 Å². The van der Waals surface area contributed by atoms with Crippen molar-refractivity contribution in [3.05, 3.63) is 35.4 Å². The third-order valence-electron chi connectivity index (χ3n) is 3.56. The van der Waals surface area contributed by atoms with E-state index >= 15 is 0 Å². The second kappa shape index (κ2) is 6.15. The van der Waals surface area contributed by atoms with E-state index in [1.54, 1.807) is 11.8 Å². The molecule has 0 aliphatic heterocycles. The summed E-state index contributed by atoms with van der Waals surface area (Å²) < 4.78 is 2.08. The number of hydrogen-bond acceptors (Lipinski definition) is 5. The maximum absolute atomic E-state index is 9.35. The molecule has 2 heterocycles. The van der Waals surface area contributed by atoms with Crippen LogP contribution in [0.5, 0.6) is 0 Å². The molecule has 0 radical (unpaired) electrons. The van der Waals surface area contributed by atoms with Crippen LogP contribution < -0.4 is 0 Å². The highest BCUT2D eigenvalue weighted by atomic mass is 32.2. The van der Waals surface area contributed by atoms with Gasteiger partial charge in [0.1, 0.15) is 6.61 Å². The number of rotatable bonds is 6. The molecule has 1 saturated carbocycles. The molecule has 5 nitrogen and oxygen atoms in total. The highest BCUT2D eigenvalue weighted by molar-refractivity contribution is 7.98. The molecule has 21 heavy (non-hydrogen) atoms. The van der Waals surface area contributed by atoms with Crippen molar-refractivity contribution in [2.75, 3.05) is 0 Å². The molecule has 0 aromatic carbocycles. The second-order valence-corrected chi connectivity index (χ2v) is 6.60. The first-order chi connectivity index (χ1) is 10.2. The molecule has 0 saturated heterocycles. The van der Waals surface area contributed by atoms with Gasteiger partial charge in [-0.15, -0.1) is 10.2 Å². The van der Waals surface area contributed by atoms with Gasteiger partial charge in [0.25, 0.3) is 0 Å². The van der Waals surface area contributed by atoms with Gasteiger partial charge in [0.15, 0.2) is 11.0 Å². The van der Waals surface area contributed by atoms with Gasteiger partial charge in [-0.2, -0.15) is 0 Å². The standard InChI is InChI=1S/C15H20N4OS/c1-10(2)13-5-3-4-11(16-13)9-21-15-18-17-14(8-20)19(15)12-6-7-12/h3-5,10,12,20H,6-9H2,1-2H3. The fourth-order valence-electron chi connectivity index (χ4n) is 2.25. The van der Waals surface area contributed by atoms with Crippen molar-refractivity contribution in [2.45, 2.75) is 56.2 Å². The molecular formula is C15H20N4OS. The van der Waals surface area contributed by atoms with Crippen molar-refractivity contribution in [3.63, 3.8) is 0 Å². The monoisotopic (exact) mass is 304 g/mol. The zero-order valence-electron chi connectivity index (χ0n) is 12.4. The fraction of sp³-hybridized carbons (Fsp3) is 0.533. The van der Waals surface area contributed by atoms with Crippen LogP contribution >= 0.6 is 11.8 Å². The first-order valence-electron chi connectivity index (χ1n) is 7.32. The molecule has 3 rings (SSSR count). The van der Waals surface area contributed by atoms with Crippen LogP contribution in [0.3, 0.4) is 0 Å². The number of hydrogen-bond donors (Lipinski definition) is 1. The van der Waals surface area contributed by atoms with Gasteiger partial charge in [-0.25, -0.2) is 0 Å². The predicted octanol–water partition coefficient (Wildman–Crippen LogP) is 2.92. The van der Waals surface area contributed by atoms with Gasteiger partial charge in [-0.1, -0.05) is 31.7 Å². The number of thioether (sulfide) groups is 1. The van der Waals surface area contributed by atoms with Crippen LogP contribution in [0.2, 0.25) is 0 Å². The van der Waals surface area contributed by atoms with E-state index in [1.165, 1.54) is 0 Å². The molecular weight excluding hydrogens is 284 g/mol. The van der Waals surface area contributed by atoms with E-state index in [-0.39, 0.29) is 6.61 Å². The van der Waals surface area contributed by atoms with E-state index in [2.05, 4.69) is 45.7 Å². The topological polar surface area (TPSA) is 63.8 Å². The van der Waals surface area contributed by atoms with E-state index < -0.39 is 0 Å². The normalized spacial score (nSPS) is 14.9. The van der Waals surface area contributed by atoms with E-state index in [0.29, 0.717) is 17.8 Å². The van der Waals surface area contributed by atoms with Crippen molar-refractivity contribution < 1.29 is 5.11 Å². The summed E-state index contributed by atoms with van der Waals surface area (Å²) in [5, 5.41) is 18.5. The molecule has 1 fully saturated rings. The molecule has 1 N–H and O–H groups in total. The molecule has 0 bridgehead atoms. The predicted molar refractivity (Wildman–Crippen MR) is 82.1 cm³/mol. The summed E-state index contributed by atoms with van der Waals surface area (Å²) in [6.45, 7) is 4.25. The lowest BCUT2D eigenvalue weighted by Gasteiger charge is -2.08. The third kappa shape index (κ3) is 3.27. The minimum atomic E-state index is -0.0505. The molecule has 0 atom stereocenters. The smallest absolute Gasteiger partial charge is 0.191 e. The number of nitrogens with zero attached hydrogens (tertiary/aromatic N) is 4. The maximum Gasteiger partial charge on any atom is 0.191 e. The molecule has 6 heteroatoms. The van der Waals surface area contributed by atoms with Crippen LogP contribution in [-0.2, 0) is 12.4 Å². The maximum atomic E-state index is 9.35. The van der Waals surface area contributed by atoms with Gasteiger partial charge < -0.3 is 9.67 Å². The third-order valence-corrected chi connectivity index (χ3v) is 4.53. The van der Waals surface area contributed by atoms with Gasteiger partial charge in [0, 0.05) is 17.5 Å². The lowest BCUT2D eigenvalue weighted by atomic mass is 10.1. The molecule has 1 aliphatic rings. The summed E-state index contributed by atoms with van der Waals surface area (Å²) in [6, 6.07) is 6.64. The number of aromatic nitrogens is 4. The molecule has 0 spiro atoms. The van der Waals surface area contributed by atoms with Crippen LogP contribution in [0.4, 0.5) is 0 Å². The quantitative estimate of drug-likeness (QED) is 0.831. The Bertz CT molecular complexity index is 622. The van der Waals surface area contributed by atoms with Crippen LogP contribution in [0.1, 0.15) is 55.9 Å². The summed E-state index contributed by atoms with van der Waals surface area (Å²) in [6.07, 6.45) is 2.30. The van der Waals surface area contributed by atoms with Crippen molar-refractivity contribution in [2.24, 2.45) is 0 Å². The molecule has 2 aromatic heterocycles. The summed E-state index contributed by atoms with van der Waals surface area (Å²) in [7, 11) is 0. The molecule has 0 unspecified atom stereocenters. The molecule has 1 aliphatic carbocycles. The van der Waals surface area contributed by atoms with Gasteiger partial charge in [0.2, 0.25) is 0 Å². The number of aliphatic hydroxyl groups excluding tert-OH is 1. The zero-order valence-corrected chi connectivity index (χ0v) is 13.2. The Balaban J connectivity index is 1.73. The first kappa shape index (κ1) is 14.5.